The lowest BCUT2D eigenvalue weighted by Gasteiger charge is -2.30. The van der Waals surface area contributed by atoms with Gasteiger partial charge in [-0.1, -0.05) is 0 Å². The van der Waals surface area contributed by atoms with Crippen LogP contribution in [0.15, 0.2) is 24.3 Å². The SMILES string of the molecule is COc1ccc(C(=O)C(C)N2CCC(=O)CC2)cc1. The van der Waals surface area contributed by atoms with Crippen LogP contribution >= 0.6 is 0 Å². The Morgan fingerprint density at radius 1 is 1.21 bits per heavy atom. The number of methoxy groups -OCH3 is 1. The average molecular weight is 261 g/mol. The highest BCUT2D eigenvalue weighted by molar-refractivity contribution is 6.00. The van der Waals surface area contributed by atoms with Crippen LogP contribution in [0, 0.1) is 0 Å². The fraction of sp³-hybridized carbons (Fsp3) is 0.467. The van der Waals surface area contributed by atoms with Crippen molar-refractivity contribution in [2.45, 2.75) is 25.8 Å². The van der Waals surface area contributed by atoms with Crippen LogP contribution in [0.3, 0.4) is 0 Å². The Labute approximate surface area is 113 Å². The number of carbonyl (C=O) groups excluding carboxylic acids is 2. The summed E-state index contributed by atoms with van der Waals surface area (Å²) in [7, 11) is 1.60. The Morgan fingerprint density at radius 2 is 1.79 bits per heavy atom. The molecule has 0 radical (unpaired) electrons. The van der Waals surface area contributed by atoms with Gasteiger partial charge in [-0.2, -0.15) is 0 Å². The maximum Gasteiger partial charge on any atom is 0.179 e. The van der Waals surface area contributed by atoms with Crippen molar-refractivity contribution in [3.63, 3.8) is 0 Å². The quantitative estimate of drug-likeness (QED) is 0.777. The van der Waals surface area contributed by atoms with Crippen LogP contribution < -0.4 is 4.74 Å². The molecule has 0 spiro atoms. The van der Waals surface area contributed by atoms with Crippen molar-refractivity contribution >= 4 is 11.6 Å². The van der Waals surface area contributed by atoms with Gasteiger partial charge in [0, 0.05) is 31.5 Å². The first-order chi connectivity index (χ1) is 9.11. The summed E-state index contributed by atoms with van der Waals surface area (Å²) in [6, 6.07) is 6.97. The fourth-order valence-corrected chi connectivity index (χ4v) is 2.32. The average Bonchev–Trinajstić information content (AvgIpc) is 2.46. The minimum absolute atomic E-state index is 0.0944. The summed E-state index contributed by atoms with van der Waals surface area (Å²) in [5.74, 6) is 1.13. The molecule has 0 bridgehead atoms. The molecule has 0 N–H and O–H groups in total. The van der Waals surface area contributed by atoms with Crippen LogP contribution in [0.4, 0.5) is 0 Å². The number of hydrogen-bond donors (Lipinski definition) is 0. The minimum atomic E-state index is -0.179. The van der Waals surface area contributed by atoms with E-state index < -0.39 is 0 Å². The first kappa shape index (κ1) is 13.7. The fourth-order valence-electron chi connectivity index (χ4n) is 2.32. The summed E-state index contributed by atoms with van der Waals surface area (Å²) in [5.41, 5.74) is 0.685. The number of benzene rings is 1. The van der Waals surface area contributed by atoms with Gasteiger partial charge in [0.25, 0.3) is 0 Å². The molecular weight excluding hydrogens is 242 g/mol. The van der Waals surface area contributed by atoms with E-state index in [9.17, 15) is 9.59 Å². The van der Waals surface area contributed by atoms with Gasteiger partial charge in [-0.25, -0.2) is 0 Å². The second kappa shape index (κ2) is 5.97. The van der Waals surface area contributed by atoms with Crippen LogP contribution in [0.5, 0.6) is 5.75 Å². The zero-order valence-electron chi connectivity index (χ0n) is 11.4. The van der Waals surface area contributed by atoms with Crippen molar-refractivity contribution in [3.05, 3.63) is 29.8 Å². The monoisotopic (exact) mass is 261 g/mol. The van der Waals surface area contributed by atoms with Gasteiger partial charge in [0.1, 0.15) is 11.5 Å². The largest absolute Gasteiger partial charge is 0.497 e. The van der Waals surface area contributed by atoms with E-state index in [1.54, 1.807) is 31.4 Å². The first-order valence-corrected chi connectivity index (χ1v) is 6.56. The number of piperidine rings is 1. The lowest BCUT2D eigenvalue weighted by Crippen LogP contribution is -2.44. The number of ether oxygens (including phenoxy) is 1. The zero-order valence-corrected chi connectivity index (χ0v) is 11.4. The molecule has 4 heteroatoms. The van der Waals surface area contributed by atoms with Crippen molar-refractivity contribution in [2.75, 3.05) is 20.2 Å². The molecule has 1 aromatic carbocycles. The Bertz CT molecular complexity index is 457. The van der Waals surface area contributed by atoms with Gasteiger partial charge >= 0.3 is 0 Å². The van der Waals surface area contributed by atoms with Crippen LogP contribution in [0.25, 0.3) is 0 Å². The van der Waals surface area contributed by atoms with Crippen molar-refractivity contribution in [1.82, 2.24) is 4.90 Å². The molecule has 1 aliphatic rings. The van der Waals surface area contributed by atoms with E-state index in [4.69, 9.17) is 4.74 Å². The van der Waals surface area contributed by atoms with E-state index in [0.29, 0.717) is 37.3 Å². The molecule has 0 amide bonds. The smallest absolute Gasteiger partial charge is 0.179 e. The topological polar surface area (TPSA) is 46.6 Å². The van der Waals surface area contributed by atoms with Crippen molar-refractivity contribution < 1.29 is 14.3 Å². The molecule has 2 rings (SSSR count). The highest BCUT2D eigenvalue weighted by atomic mass is 16.5. The molecule has 0 aliphatic carbocycles. The molecule has 1 aliphatic heterocycles. The van der Waals surface area contributed by atoms with Crippen molar-refractivity contribution in [2.24, 2.45) is 0 Å². The predicted octanol–water partition coefficient (Wildman–Crippen LogP) is 1.93. The molecule has 1 atom stereocenters. The molecule has 1 aromatic rings. The second-order valence-corrected chi connectivity index (χ2v) is 4.84. The van der Waals surface area contributed by atoms with Gasteiger partial charge in [-0.3, -0.25) is 14.5 Å². The van der Waals surface area contributed by atoms with Gasteiger partial charge in [-0.15, -0.1) is 0 Å². The molecular formula is C15H19NO3. The summed E-state index contributed by atoms with van der Waals surface area (Å²) in [5, 5.41) is 0. The Morgan fingerprint density at radius 3 is 2.32 bits per heavy atom. The molecule has 19 heavy (non-hydrogen) atoms. The van der Waals surface area contributed by atoms with E-state index in [1.807, 2.05) is 6.92 Å². The molecule has 1 heterocycles. The van der Waals surface area contributed by atoms with Crippen molar-refractivity contribution in [1.29, 1.82) is 0 Å². The Hall–Kier alpha value is -1.68. The number of Topliss-reactive ketones (excluding diaryl/α,β-unsaturated/α-hetero) is 2. The Balaban J connectivity index is 2.03. The lowest BCUT2D eigenvalue weighted by molar-refractivity contribution is -0.121. The molecule has 1 saturated heterocycles. The van der Waals surface area contributed by atoms with Gasteiger partial charge in [0.15, 0.2) is 5.78 Å². The number of carbonyl (C=O) groups is 2. The predicted molar refractivity (Wildman–Crippen MR) is 72.6 cm³/mol. The number of ketones is 2. The first-order valence-electron chi connectivity index (χ1n) is 6.56. The maximum absolute atomic E-state index is 12.4. The van der Waals surface area contributed by atoms with Crippen LogP contribution in [-0.4, -0.2) is 42.7 Å². The van der Waals surface area contributed by atoms with E-state index in [-0.39, 0.29) is 11.8 Å². The number of likely N-dealkylation sites (tertiary alicyclic amines) is 1. The third kappa shape index (κ3) is 3.20. The molecule has 0 saturated carbocycles. The highest BCUT2D eigenvalue weighted by Crippen LogP contribution is 2.16. The molecule has 102 valence electrons. The van der Waals surface area contributed by atoms with Gasteiger partial charge in [0.2, 0.25) is 0 Å². The van der Waals surface area contributed by atoms with Crippen LogP contribution in [0.1, 0.15) is 30.1 Å². The number of nitrogens with zero attached hydrogens (tertiary/aromatic N) is 1. The van der Waals surface area contributed by atoms with Crippen molar-refractivity contribution in [3.8, 4) is 5.75 Å². The zero-order chi connectivity index (χ0) is 13.8. The molecule has 4 nitrogen and oxygen atoms in total. The second-order valence-electron chi connectivity index (χ2n) is 4.84. The molecule has 1 fully saturated rings. The molecule has 0 aromatic heterocycles. The number of rotatable bonds is 4. The summed E-state index contributed by atoms with van der Waals surface area (Å²) in [6.07, 6.45) is 1.11. The summed E-state index contributed by atoms with van der Waals surface area (Å²) in [4.78, 5) is 25.7. The third-order valence-electron chi connectivity index (χ3n) is 3.66. The lowest BCUT2D eigenvalue weighted by atomic mass is 10.0. The van der Waals surface area contributed by atoms with Gasteiger partial charge in [0.05, 0.1) is 13.2 Å². The highest BCUT2D eigenvalue weighted by Gasteiger charge is 2.26. The van der Waals surface area contributed by atoms with E-state index in [0.717, 1.165) is 5.75 Å². The molecule has 1 unspecified atom stereocenters. The summed E-state index contributed by atoms with van der Waals surface area (Å²) < 4.78 is 5.08. The van der Waals surface area contributed by atoms with E-state index in [1.165, 1.54) is 0 Å². The van der Waals surface area contributed by atoms with Gasteiger partial charge < -0.3 is 4.74 Å². The van der Waals surface area contributed by atoms with Gasteiger partial charge in [-0.05, 0) is 31.2 Å². The maximum atomic E-state index is 12.4. The van der Waals surface area contributed by atoms with Crippen LogP contribution in [-0.2, 0) is 4.79 Å². The normalized spacial score (nSPS) is 18.1. The third-order valence-corrected chi connectivity index (χ3v) is 3.66. The van der Waals surface area contributed by atoms with Crippen LogP contribution in [0.2, 0.25) is 0 Å². The summed E-state index contributed by atoms with van der Waals surface area (Å²) in [6.45, 7) is 3.27. The van der Waals surface area contributed by atoms with E-state index in [2.05, 4.69) is 4.90 Å². The minimum Gasteiger partial charge on any atom is -0.497 e. The number of hydrogen-bond acceptors (Lipinski definition) is 4. The Kier molecular flexibility index (Phi) is 4.32. The summed E-state index contributed by atoms with van der Waals surface area (Å²) >= 11 is 0. The standard InChI is InChI=1S/C15H19NO3/c1-11(16-9-7-13(17)8-10-16)15(18)12-3-5-14(19-2)6-4-12/h3-6,11H,7-10H2,1-2H3. The van der Waals surface area contributed by atoms with E-state index >= 15 is 0 Å².